The highest BCUT2D eigenvalue weighted by molar-refractivity contribution is 8.30. The van der Waals surface area contributed by atoms with E-state index in [-0.39, 0.29) is 9.88 Å². The average molecular weight is 458 g/mol. The van der Waals surface area contributed by atoms with Crippen LogP contribution in [0.5, 0.6) is 0 Å². The lowest BCUT2D eigenvalue weighted by Crippen LogP contribution is -2.35. The second-order valence-corrected chi connectivity index (χ2v) is 9.69. The van der Waals surface area contributed by atoms with Crippen LogP contribution >= 0.6 is 47.1 Å². The number of rotatable bonds is 5. The minimum atomic E-state index is -1.13. The Labute approximate surface area is 179 Å². The van der Waals surface area contributed by atoms with Gasteiger partial charge in [-0.3, -0.25) is 23.9 Å². The summed E-state index contributed by atoms with van der Waals surface area (Å²) in [5.41, 5.74) is -0.158. The number of nitrogens with zero attached hydrogens (tertiary/aromatic N) is 3. The number of carbonyl (C=O) groups excluding carboxylic acids is 1. The summed E-state index contributed by atoms with van der Waals surface area (Å²) in [5.74, 6) is -0.566. The van der Waals surface area contributed by atoms with E-state index in [1.165, 1.54) is 11.3 Å². The number of amides is 1. The fraction of sp³-hybridized carbons (Fsp3) is 0.412. The van der Waals surface area contributed by atoms with Crippen LogP contribution in [0.25, 0.3) is 11.0 Å². The highest BCUT2D eigenvalue weighted by atomic mass is 32.2. The molecule has 0 unspecified atom stereocenters. The van der Waals surface area contributed by atoms with Crippen LogP contribution in [0.2, 0.25) is 0 Å². The molecule has 2 saturated heterocycles. The van der Waals surface area contributed by atoms with Gasteiger partial charge in [0.25, 0.3) is 11.5 Å². The molecule has 0 radical (unpaired) electrons. The van der Waals surface area contributed by atoms with Gasteiger partial charge in [0, 0.05) is 25.4 Å². The second kappa shape index (κ2) is 8.85. The van der Waals surface area contributed by atoms with E-state index in [2.05, 4.69) is 11.8 Å². The Morgan fingerprint density at radius 2 is 2.00 bits per heavy atom. The van der Waals surface area contributed by atoms with E-state index in [9.17, 15) is 14.4 Å². The van der Waals surface area contributed by atoms with E-state index in [4.69, 9.17) is 17.3 Å². The minimum absolute atomic E-state index is 0.158. The predicted octanol–water partition coefficient (Wildman–Crippen LogP) is 0.673. The first kappa shape index (κ1) is 21.2. The van der Waals surface area contributed by atoms with Gasteiger partial charge >= 0.3 is 5.97 Å². The Morgan fingerprint density at radius 3 is 2.64 bits per heavy atom. The van der Waals surface area contributed by atoms with Crippen LogP contribution in [0.15, 0.2) is 15.9 Å². The molecule has 1 N–H and O–H groups in total. The molecule has 0 saturated carbocycles. The van der Waals surface area contributed by atoms with Crippen molar-refractivity contribution >= 4 is 74.3 Å². The molecule has 150 valence electrons. The highest BCUT2D eigenvalue weighted by Gasteiger charge is 2.35. The summed E-state index contributed by atoms with van der Waals surface area (Å²) >= 11 is 9.20. The number of carboxylic acids is 1. The monoisotopic (exact) mass is 457 g/mol. The van der Waals surface area contributed by atoms with Crippen molar-refractivity contribution in [2.45, 2.75) is 20.4 Å². The quantitative estimate of drug-likeness (QED) is 0.647. The number of thioether (sulfide) groups is 2. The third kappa shape index (κ3) is 4.07. The molecule has 0 aromatic carbocycles. The van der Waals surface area contributed by atoms with Crippen molar-refractivity contribution in [3.05, 3.63) is 30.7 Å². The number of carbonyl (C=O) groups is 2. The van der Waals surface area contributed by atoms with Crippen LogP contribution in [0, 0.1) is 0 Å². The summed E-state index contributed by atoms with van der Waals surface area (Å²) in [4.78, 5) is 40.1. The van der Waals surface area contributed by atoms with Crippen molar-refractivity contribution in [3.63, 3.8) is 0 Å². The van der Waals surface area contributed by atoms with E-state index in [0.717, 1.165) is 40.5 Å². The number of hydrogen-bond acceptors (Lipinski definition) is 8. The molecule has 2 fully saturated rings. The summed E-state index contributed by atoms with van der Waals surface area (Å²) in [5, 5.41) is 10.1. The van der Waals surface area contributed by atoms with Crippen LogP contribution in [0.1, 0.15) is 13.8 Å². The first-order chi connectivity index (χ1) is 13.4. The Balaban J connectivity index is 2.09. The first-order valence-electron chi connectivity index (χ1n) is 8.66. The number of allylic oxidation sites excluding steroid dienone is 1. The van der Waals surface area contributed by atoms with Gasteiger partial charge in [-0.2, -0.15) is 0 Å². The Morgan fingerprint density at radius 1 is 1.25 bits per heavy atom. The molecule has 28 heavy (non-hydrogen) atoms. The van der Waals surface area contributed by atoms with Gasteiger partial charge in [0.1, 0.15) is 20.4 Å². The lowest BCUT2D eigenvalue weighted by Gasteiger charge is -2.14. The van der Waals surface area contributed by atoms with E-state index < -0.39 is 18.4 Å². The van der Waals surface area contributed by atoms with Crippen LogP contribution in [-0.4, -0.2) is 61.1 Å². The minimum Gasteiger partial charge on any atom is -0.480 e. The molecule has 7 nitrogen and oxygen atoms in total. The van der Waals surface area contributed by atoms with Crippen LogP contribution in [0.4, 0.5) is 0 Å². The van der Waals surface area contributed by atoms with Crippen LogP contribution in [0.3, 0.4) is 0 Å². The zero-order chi connectivity index (χ0) is 20.4. The fourth-order valence-electron chi connectivity index (χ4n) is 2.86. The van der Waals surface area contributed by atoms with Crippen LogP contribution in [-0.2, 0) is 16.1 Å². The smallest absolute Gasteiger partial charge is 0.323 e. The largest absolute Gasteiger partial charge is 0.480 e. The molecule has 1 amide bonds. The van der Waals surface area contributed by atoms with E-state index >= 15 is 0 Å². The fourth-order valence-corrected chi connectivity index (χ4v) is 6.47. The molecule has 11 heteroatoms. The Hall–Kier alpha value is -1.56. The third-order valence-corrected chi connectivity index (χ3v) is 8.03. The molecule has 0 atom stereocenters. The van der Waals surface area contributed by atoms with Gasteiger partial charge < -0.3 is 10.0 Å². The van der Waals surface area contributed by atoms with Gasteiger partial charge in [0.2, 0.25) is 0 Å². The van der Waals surface area contributed by atoms with Crippen molar-refractivity contribution in [2.75, 3.05) is 25.4 Å². The molecular weight excluding hydrogens is 438 g/mol. The Bertz CT molecular complexity index is 1040. The summed E-state index contributed by atoms with van der Waals surface area (Å²) in [6.45, 7) is 5.78. The molecule has 1 aromatic rings. The average Bonchev–Trinajstić information content (AvgIpc) is 3.31. The molecular formula is C17H19N3O4S4. The van der Waals surface area contributed by atoms with Gasteiger partial charge in [-0.15, -0.1) is 23.1 Å². The molecule has 2 aliphatic heterocycles. The van der Waals surface area contributed by atoms with Gasteiger partial charge in [-0.1, -0.05) is 24.0 Å². The van der Waals surface area contributed by atoms with Crippen molar-refractivity contribution in [3.8, 4) is 0 Å². The molecule has 0 bridgehead atoms. The molecule has 3 heterocycles. The van der Waals surface area contributed by atoms with Gasteiger partial charge in [-0.05, 0) is 26.0 Å². The van der Waals surface area contributed by atoms with E-state index in [1.54, 1.807) is 22.4 Å². The summed E-state index contributed by atoms with van der Waals surface area (Å²) in [6, 6.07) is 0. The van der Waals surface area contributed by atoms with E-state index in [1.807, 2.05) is 13.0 Å². The number of carboxylic acid groups (broad SMARTS) is 1. The molecule has 1 aromatic heterocycles. The first-order valence-corrected chi connectivity index (χ1v) is 11.7. The zero-order valence-corrected chi connectivity index (χ0v) is 18.6. The van der Waals surface area contributed by atoms with E-state index in [0.29, 0.717) is 20.6 Å². The van der Waals surface area contributed by atoms with Crippen molar-refractivity contribution in [1.29, 1.82) is 0 Å². The summed E-state index contributed by atoms with van der Waals surface area (Å²) in [7, 11) is 0. The van der Waals surface area contributed by atoms with Gasteiger partial charge in [0.15, 0.2) is 0 Å². The lowest BCUT2D eigenvalue weighted by molar-refractivity contribution is -0.140. The Kier molecular flexibility index (Phi) is 6.69. The zero-order valence-electron chi connectivity index (χ0n) is 15.3. The second-order valence-electron chi connectivity index (χ2n) is 5.90. The number of aliphatic carboxylic acids is 1. The van der Waals surface area contributed by atoms with Gasteiger partial charge in [0.05, 0.1) is 9.56 Å². The maximum atomic E-state index is 12.8. The molecule has 2 aliphatic rings. The van der Waals surface area contributed by atoms with Crippen molar-refractivity contribution in [1.82, 2.24) is 14.4 Å². The number of thiazole rings is 1. The highest BCUT2D eigenvalue weighted by Crippen LogP contribution is 2.31. The summed E-state index contributed by atoms with van der Waals surface area (Å²) < 4.78 is 2.80. The SMILES string of the molecule is CCN1CCS/C1=C\C=c1\s/c(=C2\SC(=S)N(CC(=O)O)C2=O)n(CC)c1=O. The third-order valence-electron chi connectivity index (χ3n) is 4.24. The standard InChI is InChI=1S/C17H19N3O4S4/c1-3-18-7-8-26-11(18)6-5-10-14(23)19(4-2)16(27-10)13-15(24)20(9-12(21)22)17(25)28-13/h5-6H,3-4,7-9H2,1-2H3,(H,21,22)/b10-5+,11-6-,16-13-. The van der Waals surface area contributed by atoms with Crippen molar-refractivity contribution in [2.24, 2.45) is 0 Å². The molecule has 0 spiro atoms. The van der Waals surface area contributed by atoms with Gasteiger partial charge in [-0.25, -0.2) is 0 Å². The number of aromatic nitrogens is 1. The van der Waals surface area contributed by atoms with Crippen LogP contribution < -0.4 is 14.8 Å². The topological polar surface area (TPSA) is 82.8 Å². The predicted molar refractivity (Wildman–Crippen MR) is 119 cm³/mol. The molecule has 3 rings (SSSR count). The normalized spacial score (nSPS) is 21.5. The number of hydrogen-bond donors (Lipinski definition) is 1. The lowest BCUT2D eigenvalue weighted by atomic mass is 10.4. The summed E-state index contributed by atoms with van der Waals surface area (Å²) in [6.07, 6.45) is 3.75. The maximum absolute atomic E-state index is 12.8. The van der Waals surface area contributed by atoms with Crippen molar-refractivity contribution < 1.29 is 14.7 Å². The molecule has 0 aliphatic carbocycles. The maximum Gasteiger partial charge on any atom is 0.323 e. The number of thiocarbonyl (C=S) groups is 1.